The lowest BCUT2D eigenvalue weighted by Gasteiger charge is -2.13. The predicted molar refractivity (Wildman–Crippen MR) is 227 cm³/mol. The van der Waals surface area contributed by atoms with Gasteiger partial charge in [0.15, 0.2) is 5.82 Å². The zero-order chi connectivity index (χ0) is 36.6. The Hall–Kier alpha value is -7.36. The van der Waals surface area contributed by atoms with Gasteiger partial charge in [0.2, 0.25) is 5.71 Å². The van der Waals surface area contributed by atoms with Gasteiger partial charge in [0.1, 0.15) is 5.58 Å². The van der Waals surface area contributed by atoms with Gasteiger partial charge in [-0.15, -0.1) is 0 Å². The number of rotatable bonds is 7. The second-order valence-corrected chi connectivity index (χ2v) is 13.8. The van der Waals surface area contributed by atoms with Crippen LogP contribution in [-0.2, 0) is 0 Å². The molecular weight excluding hydrogens is 669 g/mol. The van der Waals surface area contributed by atoms with Crippen LogP contribution in [0.25, 0.3) is 100 Å². The van der Waals surface area contributed by atoms with Crippen molar-refractivity contribution in [3.8, 4) is 78.3 Å². The number of nitrogens with zero attached hydrogens (tertiary/aromatic N) is 2. The first-order chi connectivity index (χ1) is 27.2. The zero-order valence-electron chi connectivity index (χ0n) is 29.9. The standard InChI is InChI=1S/C52H34N2O/c1-4-15-35(16-5-1)38-21-14-26-43(31-38)51-53-50(49-47-27-10-11-28-48(47)55-52(49)54-51)42-25-13-23-40(30-42)39-22-12-24-41(29-39)46-33-44(36-17-6-2-7-18-36)32-45(34-46)37-19-8-3-9-20-37/h1-34H. The molecular formula is C52H34N2O. The second-order valence-electron chi connectivity index (χ2n) is 13.8. The van der Waals surface area contributed by atoms with Gasteiger partial charge >= 0.3 is 0 Å². The van der Waals surface area contributed by atoms with Crippen LogP contribution in [0.2, 0.25) is 0 Å². The monoisotopic (exact) mass is 702 g/mol. The Morgan fingerprint density at radius 1 is 0.291 bits per heavy atom. The molecule has 10 aromatic rings. The molecule has 2 heterocycles. The maximum atomic E-state index is 6.40. The summed E-state index contributed by atoms with van der Waals surface area (Å²) in [5, 5.41) is 1.91. The molecule has 0 N–H and O–H groups in total. The summed E-state index contributed by atoms with van der Waals surface area (Å²) in [6, 6.07) is 72.5. The van der Waals surface area contributed by atoms with Crippen molar-refractivity contribution in [2.24, 2.45) is 0 Å². The highest BCUT2D eigenvalue weighted by Gasteiger charge is 2.19. The summed E-state index contributed by atoms with van der Waals surface area (Å²) in [6.07, 6.45) is 0. The first-order valence-corrected chi connectivity index (χ1v) is 18.6. The smallest absolute Gasteiger partial charge is 0.231 e. The molecule has 0 spiro atoms. The van der Waals surface area contributed by atoms with Gasteiger partial charge < -0.3 is 4.42 Å². The van der Waals surface area contributed by atoms with E-state index in [2.05, 4.69) is 182 Å². The maximum absolute atomic E-state index is 6.40. The van der Waals surface area contributed by atoms with E-state index in [9.17, 15) is 0 Å². The van der Waals surface area contributed by atoms with Crippen molar-refractivity contribution >= 4 is 22.1 Å². The summed E-state index contributed by atoms with van der Waals surface area (Å²) in [6.45, 7) is 0. The Bertz CT molecular complexity index is 2910. The number of aromatic nitrogens is 2. The summed E-state index contributed by atoms with van der Waals surface area (Å²) >= 11 is 0. The number of furan rings is 1. The largest absolute Gasteiger partial charge is 0.438 e. The van der Waals surface area contributed by atoms with Gasteiger partial charge in [0.05, 0.1) is 11.1 Å². The molecule has 3 heteroatoms. The average molecular weight is 703 g/mol. The fourth-order valence-corrected chi connectivity index (χ4v) is 7.54. The van der Waals surface area contributed by atoms with Crippen LogP contribution in [0.3, 0.4) is 0 Å². The number of fused-ring (bicyclic) bond motifs is 3. The third-order valence-electron chi connectivity index (χ3n) is 10.3. The molecule has 2 aromatic heterocycles. The van der Waals surface area contributed by atoms with Gasteiger partial charge in [-0.25, -0.2) is 4.98 Å². The molecule has 0 fully saturated rings. The second kappa shape index (κ2) is 13.9. The van der Waals surface area contributed by atoms with Crippen molar-refractivity contribution in [1.29, 1.82) is 0 Å². The van der Waals surface area contributed by atoms with Crippen LogP contribution in [0.4, 0.5) is 0 Å². The van der Waals surface area contributed by atoms with Crippen molar-refractivity contribution in [1.82, 2.24) is 9.97 Å². The van der Waals surface area contributed by atoms with Gasteiger partial charge in [-0.1, -0.05) is 164 Å². The predicted octanol–water partition coefficient (Wildman–Crippen LogP) is 14.0. The Kier molecular flexibility index (Phi) is 8.16. The average Bonchev–Trinajstić information content (AvgIpc) is 3.66. The van der Waals surface area contributed by atoms with E-state index in [4.69, 9.17) is 14.4 Å². The molecule has 0 aliphatic heterocycles. The van der Waals surface area contributed by atoms with Crippen molar-refractivity contribution in [2.45, 2.75) is 0 Å². The lowest BCUT2D eigenvalue weighted by Crippen LogP contribution is -1.94. The Labute approximate surface area is 319 Å². The van der Waals surface area contributed by atoms with E-state index in [1.165, 1.54) is 27.8 Å². The third kappa shape index (κ3) is 6.28. The molecule has 0 aliphatic rings. The molecule has 3 nitrogen and oxygen atoms in total. The van der Waals surface area contributed by atoms with E-state index in [0.717, 1.165) is 61.0 Å². The van der Waals surface area contributed by atoms with Crippen LogP contribution in [0, 0.1) is 0 Å². The minimum atomic E-state index is 0.575. The van der Waals surface area contributed by atoms with Crippen LogP contribution in [0.15, 0.2) is 211 Å². The number of hydrogen-bond donors (Lipinski definition) is 0. The Morgan fingerprint density at radius 2 is 0.673 bits per heavy atom. The van der Waals surface area contributed by atoms with Gasteiger partial charge in [-0.05, 0) is 98.1 Å². The normalized spacial score (nSPS) is 11.3. The molecule has 0 radical (unpaired) electrons. The molecule has 0 bridgehead atoms. The molecule has 258 valence electrons. The van der Waals surface area contributed by atoms with Crippen LogP contribution < -0.4 is 0 Å². The molecule has 0 saturated heterocycles. The van der Waals surface area contributed by atoms with E-state index in [1.807, 2.05) is 24.3 Å². The molecule has 8 aromatic carbocycles. The lowest BCUT2D eigenvalue weighted by atomic mass is 9.92. The van der Waals surface area contributed by atoms with Crippen LogP contribution in [0.5, 0.6) is 0 Å². The first-order valence-electron chi connectivity index (χ1n) is 18.6. The molecule has 0 saturated carbocycles. The van der Waals surface area contributed by atoms with E-state index in [-0.39, 0.29) is 0 Å². The summed E-state index contributed by atoms with van der Waals surface area (Å²) in [4.78, 5) is 10.3. The Balaban J connectivity index is 1.09. The van der Waals surface area contributed by atoms with E-state index >= 15 is 0 Å². The topological polar surface area (TPSA) is 38.9 Å². The van der Waals surface area contributed by atoms with Gasteiger partial charge in [0, 0.05) is 16.5 Å². The fraction of sp³-hybridized carbons (Fsp3) is 0. The summed E-state index contributed by atoms with van der Waals surface area (Å²) in [7, 11) is 0. The molecule has 55 heavy (non-hydrogen) atoms. The van der Waals surface area contributed by atoms with Gasteiger partial charge in [-0.2, -0.15) is 4.98 Å². The fourth-order valence-electron chi connectivity index (χ4n) is 7.54. The van der Waals surface area contributed by atoms with Crippen molar-refractivity contribution in [3.05, 3.63) is 206 Å². The van der Waals surface area contributed by atoms with Crippen molar-refractivity contribution in [2.75, 3.05) is 0 Å². The van der Waals surface area contributed by atoms with Gasteiger partial charge in [0.25, 0.3) is 0 Å². The van der Waals surface area contributed by atoms with Crippen molar-refractivity contribution in [3.63, 3.8) is 0 Å². The summed E-state index contributed by atoms with van der Waals surface area (Å²) < 4.78 is 6.40. The molecule has 0 unspecified atom stereocenters. The third-order valence-corrected chi connectivity index (χ3v) is 10.3. The van der Waals surface area contributed by atoms with Crippen LogP contribution in [-0.4, -0.2) is 9.97 Å². The van der Waals surface area contributed by atoms with E-state index in [0.29, 0.717) is 11.5 Å². The van der Waals surface area contributed by atoms with E-state index < -0.39 is 0 Å². The minimum Gasteiger partial charge on any atom is -0.438 e. The number of para-hydroxylation sites is 1. The summed E-state index contributed by atoms with van der Waals surface area (Å²) in [5.74, 6) is 0.624. The molecule has 0 atom stereocenters. The molecule has 0 amide bonds. The van der Waals surface area contributed by atoms with Gasteiger partial charge in [-0.3, -0.25) is 0 Å². The minimum absolute atomic E-state index is 0.575. The van der Waals surface area contributed by atoms with Crippen LogP contribution in [0.1, 0.15) is 0 Å². The number of hydrogen-bond acceptors (Lipinski definition) is 3. The van der Waals surface area contributed by atoms with E-state index in [1.54, 1.807) is 0 Å². The molecule has 10 rings (SSSR count). The zero-order valence-corrected chi connectivity index (χ0v) is 29.9. The highest BCUT2D eigenvalue weighted by molar-refractivity contribution is 6.10. The van der Waals surface area contributed by atoms with Crippen LogP contribution >= 0.6 is 0 Å². The first kappa shape index (κ1) is 32.3. The number of benzene rings is 8. The highest BCUT2D eigenvalue weighted by atomic mass is 16.3. The lowest BCUT2D eigenvalue weighted by molar-refractivity contribution is 0.653. The van der Waals surface area contributed by atoms with Crippen molar-refractivity contribution < 1.29 is 4.42 Å². The Morgan fingerprint density at radius 3 is 1.27 bits per heavy atom. The highest BCUT2D eigenvalue weighted by Crippen LogP contribution is 2.39. The SMILES string of the molecule is c1ccc(-c2cc(-c3ccccc3)cc(-c3cccc(-c4cccc(-c5nc(-c6cccc(-c7ccccc7)c6)nc6oc7ccccc7c56)c4)c3)c2)cc1. The molecule has 0 aliphatic carbocycles. The quantitative estimate of drug-likeness (QED) is 0.166. The summed E-state index contributed by atoms with van der Waals surface area (Å²) in [5.41, 5.74) is 15.7. The maximum Gasteiger partial charge on any atom is 0.231 e.